The first-order chi connectivity index (χ1) is 9.73. The van der Waals surface area contributed by atoms with Gasteiger partial charge in [0.2, 0.25) is 0 Å². The van der Waals surface area contributed by atoms with Gasteiger partial charge in [-0.3, -0.25) is 0 Å². The van der Waals surface area contributed by atoms with E-state index in [4.69, 9.17) is 15.0 Å². The normalized spacial score (nSPS) is 24.2. The zero-order valence-electron chi connectivity index (χ0n) is 13.9. The Balaban J connectivity index is 0.000000159. The summed E-state index contributed by atoms with van der Waals surface area (Å²) in [7, 11) is -0.269. The van der Waals surface area contributed by atoms with Crippen molar-refractivity contribution < 1.29 is 9.31 Å². The fourth-order valence-corrected chi connectivity index (χ4v) is 2.25. The highest BCUT2D eigenvalue weighted by molar-refractivity contribution is 6.47. The van der Waals surface area contributed by atoms with Gasteiger partial charge in [-0.05, 0) is 52.0 Å². The lowest BCUT2D eigenvalue weighted by atomic mass is 9.81. The van der Waals surface area contributed by atoms with Crippen molar-refractivity contribution in [3.8, 4) is 0 Å². The highest BCUT2D eigenvalue weighted by atomic mass is 16.7. The van der Waals surface area contributed by atoms with Crippen molar-refractivity contribution in [2.75, 3.05) is 0 Å². The van der Waals surface area contributed by atoms with Crippen molar-refractivity contribution in [1.29, 1.82) is 0 Å². The molecule has 1 unspecified atom stereocenters. The summed E-state index contributed by atoms with van der Waals surface area (Å²) in [5.74, 6) is 0.831. The summed E-state index contributed by atoms with van der Waals surface area (Å²) in [6, 6.07) is 10.8. The molecule has 21 heavy (non-hydrogen) atoms. The predicted molar refractivity (Wildman–Crippen MR) is 88.1 cm³/mol. The molecule has 1 aliphatic heterocycles. The molecule has 1 saturated heterocycles. The number of rotatable bonds is 2. The van der Waals surface area contributed by atoms with Crippen LogP contribution in [0.2, 0.25) is 0 Å². The van der Waals surface area contributed by atoms with Gasteiger partial charge in [-0.15, -0.1) is 0 Å². The number of nitrogens with two attached hydrogens (primary N) is 1. The number of benzene rings is 1. The van der Waals surface area contributed by atoms with Crippen molar-refractivity contribution in [3.63, 3.8) is 0 Å². The molecule has 3 rings (SSSR count). The van der Waals surface area contributed by atoms with E-state index in [-0.39, 0.29) is 24.3 Å². The molecule has 0 radical (unpaired) electrons. The van der Waals surface area contributed by atoms with Gasteiger partial charge in [0.25, 0.3) is 0 Å². The van der Waals surface area contributed by atoms with E-state index in [2.05, 4.69) is 30.3 Å². The highest BCUT2D eigenvalue weighted by Crippen LogP contribution is 2.39. The van der Waals surface area contributed by atoms with Gasteiger partial charge in [0.05, 0.1) is 11.2 Å². The highest BCUT2D eigenvalue weighted by Gasteiger charge is 2.52. The van der Waals surface area contributed by atoms with Gasteiger partial charge >= 0.3 is 7.12 Å². The Morgan fingerprint density at radius 3 is 1.86 bits per heavy atom. The standard InChI is InChI=1S/C9H10.C8H18BNO2/c1-2-4-8(5-3-1)9-6-7-9;1-6(10)9-11-7(2,3)8(4,5)12-9/h1-5,9H,6-7H2;6H,10H2,1-5H3. The Morgan fingerprint density at radius 1 is 1.05 bits per heavy atom. The van der Waals surface area contributed by atoms with E-state index in [9.17, 15) is 0 Å². The third kappa shape index (κ3) is 4.09. The molecule has 0 spiro atoms. The van der Waals surface area contributed by atoms with E-state index in [0.29, 0.717) is 0 Å². The molecule has 2 aliphatic rings. The molecule has 1 aromatic rings. The molecule has 1 heterocycles. The van der Waals surface area contributed by atoms with Crippen LogP contribution in [0.5, 0.6) is 0 Å². The molecule has 1 saturated carbocycles. The van der Waals surface area contributed by atoms with E-state index in [1.807, 2.05) is 34.6 Å². The summed E-state index contributed by atoms with van der Waals surface area (Å²) >= 11 is 0. The van der Waals surface area contributed by atoms with E-state index in [1.165, 1.54) is 18.4 Å². The Bertz CT molecular complexity index is 439. The van der Waals surface area contributed by atoms with Crippen LogP contribution in [0.3, 0.4) is 0 Å². The number of hydrogen-bond acceptors (Lipinski definition) is 3. The summed E-state index contributed by atoms with van der Waals surface area (Å²) < 4.78 is 11.4. The van der Waals surface area contributed by atoms with Crippen molar-refractivity contribution in [2.24, 2.45) is 5.73 Å². The third-order valence-corrected chi connectivity index (χ3v) is 4.55. The lowest BCUT2D eigenvalue weighted by Gasteiger charge is -2.32. The Kier molecular flexibility index (Phi) is 4.81. The summed E-state index contributed by atoms with van der Waals surface area (Å²) in [6.07, 6.45) is 2.81. The molecule has 1 aromatic carbocycles. The average molecular weight is 289 g/mol. The second-order valence-corrected chi connectivity index (χ2v) is 7.17. The lowest BCUT2D eigenvalue weighted by molar-refractivity contribution is 0.00578. The van der Waals surface area contributed by atoms with Gasteiger partial charge in [0.15, 0.2) is 0 Å². The molecule has 2 fully saturated rings. The van der Waals surface area contributed by atoms with Gasteiger partial charge in [-0.2, -0.15) is 0 Å². The summed E-state index contributed by atoms with van der Waals surface area (Å²) in [5.41, 5.74) is 6.70. The van der Waals surface area contributed by atoms with Crippen LogP contribution >= 0.6 is 0 Å². The number of hydrogen-bond donors (Lipinski definition) is 1. The minimum atomic E-state index is -0.269. The van der Waals surface area contributed by atoms with Crippen LogP contribution < -0.4 is 5.73 Å². The molecule has 3 nitrogen and oxygen atoms in total. The Hall–Kier alpha value is -0.835. The van der Waals surface area contributed by atoms with Gasteiger partial charge in [0, 0.05) is 5.94 Å². The fourth-order valence-electron chi connectivity index (χ4n) is 2.25. The molecular weight excluding hydrogens is 261 g/mol. The van der Waals surface area contributed by atoms with Crippen molar-refractivity contribution in [2.45, 2.75) is 70.5 Å². The SMILES string of the molecule is CC(N)B1OC(C)(C)C(C)(C)O1.c1ccc(C2CC2)cc1. The Labute approximate surface area is 129 Å². The molecular formula is C17H28BNO2. The van der Waals surface area contributed by atoms with Crippen molar-refractivity contribution in [3.05, 3.63) is 35.9 Å². The zero-order chi connectivity index (χ0) is 15.7. The average Bonchev–Trinajstić information content (AvgIpc) is 3.20. The molecule has 1 atom stereocenters. The third-order valence-electron chi connectivity index (χ3n) is 4.55. The van der Waals surface area contributed by atoms with Gasteiger partial charge in [-0.25, -0.2) is 0 Å². The summed E-state index contributed by atoms with van der Waals surface area (Å²) in [4.78, 5) is 0. The maximum atomic E-state index is 5.69. The molecule has 0 amide bonds. The molecule has 1 aliphatic carbocycles. The second kappa shape index (κ2) is 6.11. The summed E-state index contributed by atoms with van der Waals surface area (Å²) in [6.45, 7) is 9.98. The second-order valence-electron chi connectivity index (χ2n) is 7.17. The van der Waals surface area contributed by atoms with Crippen LogP contribution in [0.15, 0.2) is 30.3 Å². The van der Waals surface area contributed by atoms with E-state index >= 15 is 0 Å². The zero-order valence-corrected chi connectivity index (χ0v) is 13.9. The predicted octanol–water partition coefficient (Wildman–Crippen LogP) is 3.53. The lowest BCUT2D eigenvalue weighted by Crippen LogP contribution is -2.41. The molecule has 2 N–H and O–H groups in total. The first kappa shape index (κ1) is 16.5. The van der Waals surface area contributed by atoms with Crippen LogP contribution in [-0.4, -0.2) is 24.3 Å². The minimum Gasteiger partial charge on any atom is -0.402 e. The van der Waals surface area contributed by atoms with Gasteiger partial charge < -0.3 is 15.0 Å². The van der Waals surface area contributed by atoms with Crippen molar-refractivity contribution >= 4 is 7.12 Å². The quantitative estimate of drug-likeness (QED) is 0.847. The monoisotopic (exact) mass is 289 g/mol. The van der Waals surface area contributed by atoms with Crippen LogP contribution in [0.4, 0.5) is 0 Å². The van der Waals surface area contributed by atoms with Gasteiger partial charge in [0.1, 0.15) is 0 Å². The first-order valence-corrected chi connectivity index (χ1v) is 7.89. The topological polar surface area (TPSA) is 44.5 Å². The van der Waals surface area contributed by atoms with E-state index in [0.717, 1.165) is 5.92 Å². The molecule has 116 valence electrons. The van der Waals surface area contributed by atoms with Crippen LogP contribution in [0, 0.1) is 0 Å². The smallest absolute Gasteiger partial charge is 0.402 e. The van der Waals surface area contributed by atoms with E-state index in [1.54, 1.807) is 0 Å². The molecule has 4 heteroatoms. The largest absolute Gasteiger partial charge is 0.475 e. The van der Waals surface area contributed by atoms with Gasteiger partial charge in [-0.1, -0.05) is 37.3 Å². The molecule has 0 bridgehead atoms. The first-order valence-electron chi connectivity index (χ1n) is 7.89. The van der Waals surface area contributed by atoms with Crippen LogP contribution in [0.25, 0.3) is 0 Å². The van der Waals surface area contributed by atoms with Crippen molar-refractivity contribution in [1.82, 2.24) is 0 Å². The summed E-state index contributed by atoms with van der Waals surface area (Å²) in [5, 5.41) is 0. The van der Waals surface area contributed by atoms with Crippen LogP contribution in [0.1, 0.15) is 58.9 Å². The maximum Gasteiger partial charge on any atom is 0.475 e. The molecule has 0 aromatic heterocycles. The van der Waals surface area contributed by atoms with E-state index < -0.39 is 0 Å². The maximum absolute atomic E-state index is 5.69. The fraction of sp³-hybridized carbons (Fsp3) is 0.647. The minimum absolute atomic E-state index is 0.0777. The van der Waals surface area contributed by atoms with Crippen LogP contribution in [-0.2, 0) is 9.31 Å². The Morgan fingerprint density at radius 2 is 1.52 bits per heavy atom.